The van der Waals surface area contributed by atoms with Crippen molar-refractivity contribution in [2.75, 3.05) is 45.8 Å². The molecule has 1 aromatic heterocycles. The number of anilines is 1. The SMILES string of the molecule is CO/C=C/c1c(OC[C@H]2CCCN2C)nc2c(F)c(Br)c(Cl)cc2c1N[C@H]1CCN(C(=O)OC(C)(C)C)[C@H](CCO[Si](C)(C)C(C)(C)C)C1. The molecule has 3 heterocycles. The van der Waals surface area contributed by atoms with Gasteiger partial charge in [-0.25, -0.2) is 14.2 Å². The van der Waals surface area contributed by atoms with Gasteiger partial charge in [-0.05, 0) is 113 Å². The van der Waals surface area contributed by atoms with Gasteiger partial charge in [0.05, 0.1) is 34.1 Å². The van der Waals surface area contributed by atoms with Gasteiger partial charge in [0, 0.05) is 36.7 Å². The minimum Gasteiger partial charge on any atom is -0.504 e. The summed E-state index contributed by atoms with van der Waals surface area (Å²) < 4.78 is 40.1. The average Bonchev–Trinajstić information content (AvgIpc) is 3.41. The Kier molecular flexibility index (Phi) is 13.0. The highest BCUT2D eigenvalue weighted by molar-refractivity contribution is 9.10. The van der Waals surface area contributed by atoms with Crippen LogP contribution in [-0.4, -0.2) is 93.4 Å². The van der Waals surface area contributed by atoms with Crippen LogP contribution < -0.4 is 10.1 Å². The largest absolute Gasteiger partial charge is 0.504 e. The maximum atomic E-state index is 15.8. The average molecular weight is 786 g/mol. The van der Waals surface area contributed by atoms with Crippen molar-refractivity contribution >= 4 is 64.6 Å². The summed E-state index contributed by atoms with van der Waals surface area (Å²) in [5.74, 6) is -0.252. The van der Waals surface area contributed by atoms with Crippen molar-refractivity contribution in [1.29, 1.82) is 0 Å². The summed E-state index contributed by atoms with van der Waals surface area (Å²) >= 11 is 9.83. The van der Waals surface area contributed by atoms with Crippen LogP contribution in [0.2, 0.25) is 23.2 Å². The zero-order valence-electron chi connectivity index (χ0n) is 30.8. The highest BCUT2D eigenvalue weighted by Crippen LogP contribution is 2.42. The van der Waals surface area contributed by atoms with E-state index in [0.29, 0.717) is 61.5 Å². The zero-order valence-corrected chi connectivity index (χ0v) is 34.2. The molecule has 49 heavy (non-hydrogen) atoms. The van der Waals surface area contributed by atoms with Gasteiger partial charge in [0.25, 0.3) is 0 Å². The number of carbonyl (C=O) groups excluding carboxylic acids is 1. The molecule has 1 amide bonds. The molecule has 2 aliphatic rings. The van der Waals surface area contributed by atoms with E-state index in [1.165, 1.54) is 0 Å². The second-order valence-electron chi connectivity index (χ2n) is 15.8. The van der Waals surface area contributed by atoms with Crippen molar-refractivity contribution < 1.29 is 27.8 Å². The standard InChI is InChI=1S/C36H55BrClFN4O5Si/c1-35(2,3)48-34(44)43-17-13-23(20-24(43)14-19-47-49(9,10)36(4,5)6)40-31-26(15-18-45-8)33(46-22-25-12-11-16-42(25)7)41-32-27(31)21-28(38)29(37)30(32)39/h15,18,21,23-25H,11-14,16-17,19-20,22H2,1-10H3,(H,40,41)/b18-15+/t23-,24+,25+/m0/s1. The molecule has 0 aliphatic carbocycles. The number of hydrogen-bond acceptors (Lipinski definition) is 8. The number of piperidine rings is 1. The smallest absolute Gasteiger partial charge is 0.410 e. The van der Waals surface area contributed by atoms with Crippen molar-refractivity contribution in [2.24, 2.45) is 0 Å². The number of fused-ring (bicyclic) bond motifs is 1. The fourth-order valence-electron chi connectivity index (χ4n) is 6.11. The van der Waals surface area contributed by atoms with Gasteiger partial charge in [-0.15, -0.1) is 0 Å². The van der Waals surface area contributed by atoms with Crippen LogP contribution in [-0.2, 0) is 13.9 Å². The predicted octanol–water partition coefficient (Wildman–Crippen LogP) is 9.47. The van der Waals surface area contributed by atoms with E-state index in [0.717, 1.165) is 19.4 Å². The number of nitrogens with zero attached hydrogens (tertiary/aromatic N) is 3. The molecule has 2 fully saturated rings. The summed E-state index contributed by atoms with van der Waals surface area (Å²) in [4.78, 5) is 22.3. The van der Waals surface area contributed by atoms with Crippen molar-refractivity contribution in [3.63, 3.8) is 0 Å². The number of likely N-dealkylation sites (tertiary alicyclic amines) is 2. The summed E-state index contributed by atoms with van der Waals surface area (Å²) in [5, 5.41) is 4.56. The van der Waals surface area contributed by atoms with Gasteiger partial charge in [-0.2, -0.15) is 0 Å². The summed E-state index contributed by atoms with van der Waals surface area (Å²) in [6.07, 6.45) is 7.08. The normalized spacial score (nSPS) is 21.1. The number of aromatic nitrogens is 1. The Morgan fingerprint density at radius 3 is 2.51 bits per heavy atom. The van der Waals surface area contributed by atoms with Gasteiger partial charge in [-0.3, -0.25) is 0 Å². The Labute approximate surface area is 306 Å². The molecule has 274 valence electrons. The van der Waals surface area contributed by atoms with Crippen LogP contribution in [0, 0.1) is 5.82 Å². The van der Waals surface area contributed by atoms with Crippen LogP contribution in [0.5, 0.6) is 5.88 Å². The van der Waals surface area contributed by atoms with E-state index in [1.807, 2.05) is 25.7 Å². The number of carbonyl (C=O) groups is 1. The number of rotatable bonds is 11. The third-order valence-corrected chi connectivity index (χ3v) is 15.8. The summed E-state index contributed by atoms with van der Waals surface area (Å²) in [6, 6.07) is 1.75. The second kappa shape index (κ2) is 16.0. The van der Waals surface area contributed by atoms with Gasteiger partial charge < -0.3 is 33.8 Å². The number of benzene rings is 1. The molecule has 0 unspecified atom stereocenters. The van der Waals surface area contributed by atoms with Gasteiger partial charge in [0.1, 0.15) is 17.7 Å². The van der Waals surface area contributed by atoms with Crippen LogP contribution in [0.3, 0.4) is 0 Å². The Morgan fingerprint density at radius 2 is 1.90 bits per heavy atom. The van der Waals surface area contributed by atoms with E-state index in [9.17, 15) is 4.79 Å². The first kappa shape index (κ1) is 39.7. The molecule has 2 saturated heterocycles. The number of amides is 1. The lowest BCUT2D eigenvalue weighted by molar-refractivity contribution is 0.00624. The maximum Gasteiger partial charge on any atom is 0.410 e. The fourth-order valence-corrected chi connectivity index (χ4v) is 7.66. The molecule has 0 bridgehead atoms. The van der Waals surface area contributed by atoms with E-state index in [-0.39, 0.29) is 44.3 Å². The minimum atomic E-state index is -2.00. The molecule has 9 nitrogen and oxygen atoms in total. The first-order valence-corrected chi connectivity index (χ1v) is 21.3. The first-order valence-electron chi connectivity index (χ1n) is 17.3. The number of halogens is 3. The van der Waals surface area contributed by atoms with Gasteiger partial charge in [-0.1, -0.05) is 32.4 Å². The Morgan fingerprint density at radius 1 is 1.18 bits per heavy atom. The highest BCUT2D eigenvalue weighted by Gasteiger charge is 2.39. The molecule has 2 aliphatic heterocycles. The summed E-state index contributed by atoms with van der Waals surface area (Å²) in [5.41, 5.74) is 0.816. The monoisotopic (exact) mass is 784 g/mol. The number of pyridine rings is 1. The molecular formula is C36H55BrClFN4O5Si. The number of methoxy groups -OCH3 is 1. The lowest BCUT2D eigenvalue weighted by Gasteiger charge is -2.42. The Balaban J connectivity index is 1.71. The molecular weight excluding hydrogens is 731 g/mol. The third-order valence-electron chi connectivity index (χ3n) is 9.99. The molecule has 4 rings (SSSR count). The third kappa shape index (κ3) is 9.81. The summed E-state index contributed by atoms with van der Waals surface area (Å²) in [6.45, 7) is 19.2. The topological polar surface area (TPSA) is 85.4 Å². The zero-order chi connectivity index (χ0) is 36.3. The minimum absolute atomic E-state index is 0.0710. The van der Waals surface area contributed by atoms with Crippen molar-refractivity contribution in [1.82, 2.24) is 14.8 Å². The fraction of sp³-hybridized carbons (Fsp3) is 0.667. The number of hydrogen-bond donors (Lipinski definition) is 1. The Hall–Kier alpha value is -2.12. The molecule has 0 spiro atoms. The van der Waals surface area contributed by atoms with Crippen molar-refractivity contribution in [2.45, 2.75) is 116 Å². The van der Waals surface area contributed by atoms with Crippen molar-refractivity contribution in [3.05, 3.63) is 33.2 Å². The lowest BCUT2D eigenvalue weighted by Crippen LogP contribution is -2.51. The second-order valence-corrected chi connectivity index (χ2v) is 21.8. The summed E-state index contributed by atoms with van der Waals surface area (Å²) in [7, 11) is 1.66. The quantitative estimate of drug-likeness (QED) is 0.137. The highest BCUT2D eigenvalue weighted by atomic mass is 79.9. The predicted molar refractivity (Wildman–Crippen MR) is 203 cm³/mol. The molecule has 3 atom stereocenters. The van der Waals surface area contributed by atoms with Crippen molar-refractivity contribution in [3.8, 4) is 5.88 Å². The van der Waals surface area contributed by atoms with E-state index < -0.39 is 19.7 Å². The molecule has 0 radical (unpaired) electrons. The van der Waals surface area contributed by atoms with Crippen LogP contribution >= 0.6 is 27.5 Å². The van der Waals surface area contributed by atoms with E-state index in [1.54, 1.807) is 25.5 Å². The maximum absolute atomic E-state index is 15.8. The molecule has 1 aromatic carbocycles. The van der Waals surface area contributed by atoms with Gasteiger partial charge >= 0.3 is 6.09 Å². The van der Waals surface area contributed by atoms with Gasteiger partial charge in [0.15, 0.2) is 14.1 Å². The van der Waals surface area contributed by atoms with Crippen LogP contribution in [0.1, 0.15) is 79.2 Å². The molecule has 0 saturated carbocycles. The van der Waals surface area contributed by atoms with E-state index >= 15 is 4.39 Å². The van der Waals surface area contributed by atoms with Crippen LogP contribution in [0.15, 0.2) is 16.8 Å². The van der Waals surface area contributed by atoms with Crippen LogP contribution in [0.25, 0.3) is 17.0 Å². The van der Waals surface area contributed by atoms with Crippen LogP contribution in [0.4, 0.5) is 14.9 Å². The lowest BCUT2D eigenvalue weighted by atomic mass is 9.94. The van der Waals surface area contributed by atoms with E-state index in [4.69, 9.17) is 35.2 Å². The van der Waals surface area contributed by atoms with Gasteiger partial charge in [0.2, 0.25) is 5.88 Å². The number of nitrogens with one attached hydrogen (secondary N) is 1. The molecule has 13 heteroatoms. The number of likely N-dealkylation sites (N-methyl/N-ethyl adjacent to an activating group) is 1. The number of ether oxygens (including phenoxy) is 3. The van der Waals surface area contributed by atoms with E-state index in [2.05, 4.69) is 67.1 Å². The molecule has 2 aromatic rings. The molecule has 1 N–H and O–H groups in total. The first-order chi connectivity index (χ1) is 22.8. The Bertz CT molecular complexity index is 1520.